The highest BCUT2D eigenvalue weighted by Gasteiger charge is 2.19. The molecule has 0 amide bonds. The molecule has 0 spiro atoms. The van der Waals surface area contributed by atoms with Crippen molar-refractivity contribution in [2.75, 3.05) is 6.54 Å². The lowest BCUT2D eigenvalue weighted by Gasteiger charge is -2.29. The van der Waals surface area contributed by atoms with E-state index >= 15 is 0 Å². The molecule has 0 aromatic carbocycles. The summed E-state index contributed by atoms with van der Waals surface area (Å²) in [5.74, 6) is 0.929. The monoisotopic (exact) mass is 204 g/mol. The molecular weight excluding hydrogens is 184 g/mol. The van der Waals surface area contributed by atoms with E-state index < -0.39 is 0 Å². The van der Waals surface area contributed by atoms with E-state index in [1.54, 1.807) is 0 Å². The van der Waals surface area contributed by atoms with Gasteiger partial charge in [0, 0.05) is 18.4 Å². The molecule has 0 aliphatic carbocycles. The topological polar surface area (TPSA) is 24.9 Å². The smallest absolute Gasteiger partial charge is 0.0270 e. The third-order valence-corrected chi connectivity index (χ3v) is 3.41. The van der Waals surface area contributed by atoms with Crippen LogP contribution in [0.25, 0.3) is 0 Å². The Morgan fingerprint density at radius 3 is 2.93 bits per heavy atom. The van der Waals surface area contributed by atoms with Crippen molar-refractivity contribution in [3.63, 3.8) is 0 Å². The Labute approximate surface area is 92.1 Å². The minimum Gasteiger partial charge on any atom is -0.314 e. The summed E-state index contributed by atoms with van der Waals surface area (Å²) in [5, 5.41) is 3.61. The minimum absolute atomic E-state index is 0.672. The van der Waals surface area contributed by atoms with Crippen molar-refractivity contribution in [3.05, 3.63) is 30.1 Å². The first-order chi connectivity index (χ1) is 7.38. The van der Waals surface area contributed by atoms with Gasteiger partial charge in [-0.3, -0.25) is 4.98 Å². The van der Waals surface area contributed by atoms with Gasteiger partial charge in [-0.1, -0.05) is 13.3 Å². The van der Waals surface area contributed by atoms with E-state index in [-0.39, 0.29) is 0 Å². The number of pyridine rings is 1. The highest BCUT2D eigenvalue weighted by molar-refractivity contribution is 5.11. The second-order valence-corrected chi connectivity index (χ2v) is 4.51. The lowest BCUT2D eigenvalue weighted by Crippen LogP contribution is -2.39. The summed E-state index contributed by atoms with van der Waals surface area (Å²) in [6.07, 6.45) is 8.93. The van der Waals surface area contributed by atoms with Gasteiger partial charge in [0.25, 0.3) is 0 Å². The maximum atomic E-state index is 4.05. The van der Waals surface area contributed by atoms with Gasteiger partial charge in [0.05, 0.1) is 0 Å². The van der Waals surface area contributed by atoms with Crippen LogP contribution >= 0.6 is 0 Å². The highest BCUT2D eigenvalue weighted by atomic mass is 14.9. The van der Waals surface area contributed by atoms with E-state index in [1.165, 1.54) is 31.4 Å². The molecule has 1 fully saturated rings. The van der Waals surface area contributed by atoms with Crippen LogP contribution in [0.15, 0.2) is 24.5 Å². The summed E-state index contributed by atoms with van der Waals surface area (Å²) in [7, 11) is 0. The van der Waals surface area contributed by atoms with Gasteiger partial charge in [0.2, 0.25) is 0 Å². The van der Waals surface area contributed by atoms with E-state index in [9.17, 15) is 0 Å². The summed E-state index contributed by atoms with van der Waals surface area (Å²) in [6, 6.07) is 4.92. The molecule has 0 bridgehead atoms. The molecule has 2 atom stereocenters. The maximum absolute atomic E-state index is 4.05. The molecule has 1 aromatic rings. The number of hydrogen-bond acceptors (Lipinski definition) is 2. The zero-order chi connectivity index (χ0) is 10.5. The number of hydrogen-bond donors (Lipinski definition) is 1. The van der Waals surface area contributed by atoms with Crippen LogP contribution in [0.3, 0.4) is 0 Å². The van der Waals surface area contributed by atoms with Crippen LogP contribution < -0.4 is 5.32 Å². The predicted molar refractivity (Wildman–Crippen MR) is 62.7 cm³/mol. The van der Waals surface area contributed by atoms with Gasteiger partial charge in [0.15, 0.2) is 0 Å². The number of nitrogens with zero attached hydrogens (tertiary/aromatic N) is 1. The van der Waals surface area contributed by atoms with Crippen molar-refractivity contribution in [3.8, 4) is 0 Å². The molecule has 1 saturated heterocycles. The van der Waals surface area contributed by atoms with Crippen LogP contribution in [0.5, 0.6) is 0 Å². The summed E-state index contributed by atoms with van der Waals surface area (Å²) in [4.78, 5) is 4.05. The minimum atomic E-state index is 0.672. The van der Waals surface area contributed by atoms with Crippen molar-refractivity contribution >= 4 is 0 Å². The second kappa shape index (κ2) is 5.26. The maximum Gasteiger partial charge on any atom is 0.0270 e. The molecule has 2 nitrogen and oxygen atoms in total. The van der Waals surface area contributed by atoms with Gasteiger partial charge >= 0.3 is 0 Å². The van der Waals surface area contributed by atoms with E-state index in [1.807, 2.05) is 12.4 Å². The molecule has 1 aliphatic heterocycles. The molecule has 82 valence electrons. The summed E-state index contributed by atoms with van der Waals surface area (Å²) >= 11 is 0. The first-order valence-corrected chi connectivity index (χ1v) is 6.00. The third-order valence-electron chi connectivity index (χ3n) is 3.41. The van der Waals surface area contributed by atoms with Gasteiger partial charge in [-0.2, -0.15) is 0 Å². The molecule has 1 aromatic heterocycles. The van der Waals surface area contributed by atoms with E-state index in [0.717, 1.165) is 12.3 Å². The van der Waals surface area contributed by atoms with E-state index in [0.29, 0.717) is 6.04 Å². The normalized spacial score (nSPS) is 26.5. The lowest BCUT2D eigenvalue weighted by molar-refractivity contribution is 0.294. The Balaban J connectivity index is 1.89. The van der Waals surface area contributed by atoms with Crippen LogP contribution in [0.4, 0.5) is 0 Å². The lowest BCUT2D eigenvalue weighted by atomic mass is 9.88. The fourth-order valence-corrected chi connectivity index (χ4v) is 2.42. The average Bonchev–Trinajstić information content (AvgIpc) is 2.31. The Morgan fingerprint density at radius 1 is 1.40 bits per heavy atom. The number of aromatic nitrogens is 1. The van der Waals surface area contributed by atoms with Crippen molar-refractivity contribution in [2.45, 2.75) is 38.6 Å². The van der Waals surface area contributed by atoms with E-state index in [2.05, 4.69) is 29.4 Å². The Morgan fingerprint density at radius 2 is 2.20 bits per heavy atom. The standard InChI is InChI=1S/C13H20N2/c1-2-11-5-8-15-13(9-11)10-12-3-6-14-7-4-12/h3-4,6-7,11,13,15H,2,5,8-10H2,1H3. The number of piperidine rings is 1. The zero-order valence-corrected chi connectivity index (χ0v) is 9.45. The van der Waals surface area contributed by atoms with Gasteiger partial charge in [-0.25, -0.2) is 0 Å². The van der Waals surface area contributed by atoms with Gasteiger partial charge < -0.3 is 5.32 Å². The van der Waals surface area contributed by atoms with Gasteiger partial charge in [-0.05, 0) is 49.4 Å². The van der Waals surface area contributed by atoms with Crippen LogP contribution in [0.1, 0.15) is 31.7 Å². The molecule has 0 radical (unpaired) electrons. The molecule has 1 N–H and O–H groups in total. The van der Waals surface area contributed by atoms with Crippen LogP contribution in [-0.4, -0.2) is 17.6 Å². The fraction of sp³-hybridized carbons (Fsp3) is 0.615. The van der Waals surface area contributed by atoms with Crippen LogP contribution in [0.2, 0.25) is 0 Å². The first-order valence-electron chi connectivity index (χ1n) is 6.00. The molecule has 15 heavy (non-hydrogen) atoms. The molecule has 2 heteroatoms. The molecule has 2 heterocycles. The average molecular weight is 204 g/mol. The van der Waals surface area contributed by atoms with Crippen molar-refractivity contribution in [1.82, 2.24) is 10.3 Å². The highest BCUT2D eigenvalue weighted by Crippen LogP contribution is 2.21. The Kier molecular flexibility index (Phi) is 3.73. The van der Waals surface area contributed by atoms with E-state index in [4.69, 9.17) is 0 Å². The van der Waals surface area contributed by atoms with Gasteiger partial charge in [0.1, 0.15) is 0 Å². The Bertz CT molecular complexity index is 284. The SMILES string of the molecule is CCC1CCNC(Cc2ccncc2)C1. The fourth-order valence-electron chi connectivity index (χ4n) is 2.42. The summed E-state index contributed by atoms with van der Waals surface area (Å²) < 4.78 is 0. The molecular formula is C13H20N2. The molecule has 1 aliphatic rings. The second-order valence-electron chi connectivity index (χ2n) is 4.51. The number of rotatable bonds is 3. The quantitative estimate of drug-likeness (QED) is 0.818. The van der Waals surface area contributed by atoms with Crippen molar-refractivity contribution in [1.29, 1.82) is 0 Å². The van der Waals surface area contributed by atoms with Crippen molar-refractivity contribution < 1.29 is 0 Å². The first kappa shape index (κ1) is 10.6. The van der Waals surface area contributed by atoms with Crippen molar-refractivity contribution in [2.24, 2.45) is 5.92 Å². The summed E-state index contributed by atoms with van der Waals surface area (Å²) in [5.41, 5.74) is 1.40. The largest absolute Gasteiger partial charge is 0.314 e. The zero-order valence-electron chi connectivity index (χ0n) is 9.45. The molecule has 0 saturated carbocycles. The van der Waals surface area contributed by atoms with Gasteiger partial charge in [-0.15, -0.1) is 0 Å². The summed E-state index contributed by atoms with van der Waals surface area (Å²) in [6.45, 7) is 3.49. The third kappa shape index (κ3) is 3.03. The molecule has 2 rings (SSSR count). The molecule has 2 unspecified atom stereocenters. The predicted octanol–water partition coefficient (Wildman–Crippen LogP) is 2.40. The van der Waals surface area contributed by atoms with Crippen LogP contribution in [-0.2, 0) is 6.42 Å². The number of nitrogens with one attached hydrogen (secondary N) is 1. The van der Waals surface area contributed by atoms with Crippen LogP contribution in [0, 0.1) is 5.92 Å². The Hall–Kier alpha value is -0.890.